The number of benzene rings is 2. The van der Waals surface area contributed by atoms with Gasteiger partial charge in [0, 0.05) is 23.4 Å². The summed E-state index contributed by atoms with van der Waals surface area (Å²) < 4.78 is 113. The molecule has 0 aromatic heterocycles. The van der Waals surface area contributed by atoms with Gasteiger partial charge in [0.25, 0.3) is 0 Å². The van der Waals surface area contributed by atoms with Crippen molar-refractivity contribution in [3.63, 3.8) is 0 Å². The summed E-state index contributed by atoms with van der Waals surface area (Å²) in [5, 5.41) is -0.284. The van der Waals surface area contributed by atoms with Gasteiger partial charge in [0.05, 0.1) is 33.5 Å². The summed E-state index contributed by atoms with van der Waals surface area (Å²) in [6.45, 7) is 1.09. The molecule has 0 N–H and O–H groups in total. The van der Waals surface area contributed by atoms with Crippen LogP contribution in [-0.2, 0) is 31.7 Å². The summed E-state index contributed by atoms with van der Waals surface area (Å²) in [6, 6.07) is 9.64. The molecule has 6 rings (SSSR count). The monoisotopic (exact) mass is 636 g/mol. The van der Waals surface area contributed by atoms with Crippen LogP contribution in [0.4, 0.5) is 26.3 Å². The lowest BCUT2D eigenvalue weighted by molar-refractivity contribution is -0.138. The van der Waals surface area contributed by atoms with E-state index in [4.69, 9.17) is 9.47 Å². The first-order valence-corrected chi connectivity index (χ1v) is 16.7. The van der Waals surface area contributed by atoms with Crippen molar-refractivity contribution in [2.75, 3.05) is 13.2 Å². The number of hydrogen-bond donors (Lipinski definition) is 0. The van der Waals surface area contributed by atoms with Crippen LogP contribution in [0.3, 0.4) is 0 Å². The van der Waals surface area contributed by atoms with E-state index in [1.807, 2.05) is 0 Å². The zero-order chi connectivity index (χ0) is 30.1. The minimum Gasteiger partial charge on any atom is -0.378 e. The highest BCUT2D eigenvalue weighted by Crippen LogP contribution is 2.43. The van der Waals surface area contributed by atoms with E-state index in [2.05, 4.69) is 0 Å². The maximum Gasteiger partial charge on any atom is 0.416 e. The lowest BCUT2D eigenvalue weighted by Gasteiger charge is -2.29. The molecule has 2 aromatic rings. The van der Waals surface area contributed by atoms with E-state index in [1.165, 1.54) is 31.0 Å². The van der Waals surface area contributed by atoms with Crippen molar-refractivity contribution in [3.05, 3.63) is 59.7 Å². The maximum absolute atomic E-state index is 12.8. The third-order valence-electron chi connectivity index (χ3n) is 8.22. The Morgan fingerprint density at radius 3 is 1.83 bits per heavy atom. The Bertz CT molecular complexity index is 1320. The average Bonchev–Trinajstić information content (AvgIpc) is 3.87. The quantitative estimate of drug-likeness (QED) is 0.300. The Hall–Kier alpha value is -1.76. The van der Waals surface area contributed by atoms with E-state index in [9.17, 15) is 34.8 Å². The lowest BCUT2D eigenvalue weighted by atomic mass is 10.1. The summed E-state index contributed by atoms with van der Waals surface area (Å²) in [5.41, 5.74) is -1.49. The number of thioether (sulfide) groups is 1. The molecule has 2 saturated heterocycles. The molecule has 2 aliphatic heterocycles. The Morgan fingerprint density at radius 1 is 0.690 bits per heavy atom. The summed E-state index contributed by atoms with van der Waals surface area (Å²) in [7, 11) is -3.76. The molecule has 12 heteroatoms. The molecule has 232 valence electrons. The molecular formula is C30H34F6O4S2. The highest BCUT2D eigenvalue weighted by atomic mass is 32.2. The van der Waals surface area contributed by atoms with E-state index in [0.717, 1.165) is 56.6 Å². The molecule has 4 unspecified atom stereocenters. The van der Waals surface area contributed by atoms with Gasteiger partial charge in [0.15, 0.2) is 9.84 Å². The Balaban J connectivity index is 0.000000169. The summed E-state index contributed by atoms with van der Waals surface area (Å²) >= 11 is 1.56. The zero-order valence-corrected chi connectivity index (χ0v) is 24.5. The van der Waals surface area contributed by atoms with E-state index in [-0.39, 0.29) is 11.0 Å². The van der Waals surface area contributed by atoms with Gasteiger partial charge in [-0.1, -0.05) is 12.1 Å². The summed E-state index contributed by atoms with van der Waals surface area (Å²) in [5.74, 6) is 1.11. The van der Waals surface area contributed by atoms with E-state index in [0.29, 0.717) is 47.5 Å². The second kappa shape index (κ2) is 12.7. The van der Waals surface area contributed by atoms with Gasteiger partial charge in [-0.05, 0) is 99.6 Å². The SMILES string of the molecule is FC(F)(F)c1cccc(SC2CCOC(C3CC3)C2)c1.O=S(=O)(c1cccc(C(F)(F)F)c1)C1CCOC(C2CC2)C1. The standard InChI is InChI=1S/C15H17F3O3S.C15H17F3OS/c16-15(17,18)11-2-1-3-12(8-11)22(19,20)13-6-7-21-14(9-13)10-4-5-10;16-15(17,18)11-2-1-3-12(8-11)20-13-6-7-19-14(9-13)10-4-5-10/h1-3,8,10,13-14H,4-7,9H2;1-3,8,10,13-14H,4-7,9H2. The molecule has 4 nitrogen and oxygen atoms in total. The van der Waals surface area contributed by atoms with Crippen LogP contribution in [0.5, 0.6) is 0 Å². The second-order valence-electron chi connectivity index (χ2n) is 11.5. The van der Waals surface area contributed by atoms with Crippen LogP contribution in [0.1, 0.15) is 62.5 Å². The Kier molecular flexibility index (Phi) is 9.57. The molecule has 0 radical (unpaired) electrons. The first-order chi connectivity index (χ1) is 19.8. The fraction of sp³-hybridized carbons (Fsp3) is 0.600. The molecule has 2 aromatic carbocycles. The summed E-state index contributed by atoms with van der Waals surface area (Å²) in [4.78, 5) is 0.463. The number of ether oxygens (including phenoxy) is 2. The fourth-order valence-electron chi connectivity index (χ4n) is 5.55. The normalized spacial score (nSPS) is 27.2. The molecular weight excluding hydrogens is 602 g/mol. The van der Waals surface area contributed by atoms with Crippen LogP contribution in [0.25, 0.3) is 0 Å². The van der Waals surface area contributed by atoms with Crippen molar-refractivity contribution in [2.45, 2.75) is 96.2 Å². The third kappa shape index (κ3) is 8.24. The fourth-order valence-corrected chi connectivity index (χ4v) is 8.58. The summed E-state index contributed by atoms with van der Waals surface area (Å²) in [6.07, 6.45) is -1.38. The molecule has 0 amide bonds. The molecule has 2 saturated carbocycles. The zero-order valence-electron chi connectivity index (χ0n) is 22.9. The highest BCUT2D eigenvalue weighted by molar-refractivity contribution is 8.00. The minimum atomic E-state index is -4.54. The molecule has 0 bridgehead atoms. The Morgan fingerprint density at radius 2 is 1.24 bits per heavy atom. The number of alkyl halides is 6. The van der Waals surface area contributed by atoms with Crippen molar-refractivity contribution in [1.82, 2.24) is 0 Å². The van der Waals surface area contributed by atoms with Gasteiger partial charge in [-0.3, -0.25) is 0 Å². The highest BCUT2D eigenvalue weighted by Gasteiger charge is 2.41. The van der Waals surface area contributed by atoms with Crippen molar-refractivity contribution in [3.8, 4) is 0 Å². The van der Waals surface area contributed by atoms with Crippen molar-refractivity contribution >= 4 is 21.6 Å². The number of rotatable bonds is 6. The van der Waals surface area contributed by atoms with Crippen molar-refractivity contribution in [2.24, 2.45) is 11.8 Å². The lowest BCUT2D eigenvalue weighted by Crippen LogP contribution is -2.35. The molecule has 42 heavy (non-hydrogen) atoms. The van der Waals surface area contributed by atoms with Gasteiger partial charge in [-0.25, -0.2) is 8.42 Å². The average molecular weight is 637 g/mol. The predicted molar refractivity (Wildman–Crippen MR) is 147 cm³/mol. The molecule has 4 aliphatic rings. The molecule has 4 atom stereocenters. The van der Waals surface area contributed by atoms with Gasteiger partial charge in [-0.2, -0.15) is 26.3 Å². The number of halogens is 6. The first-order valence-electron chi connectivity index (χ1n) is 14.3. The topological polar surface area (TPSA) is 52.6 Å². The second-order valence-corrected chi connectivity index (χ2v) is 15.1. The van der Waals surface area contributed by atoms with Crippen molar-refractivity contribution < 1.29 is 44.2 Å². The molecule has 2 heterocycles. The molecule has 0 spiro atoms. The van der Waals surface area contributed by atoms with Crippen LogP contribution in [0.15, 0.2) is 58.3 Å². The Labute approximate surface area is 246 Å². The molecule has 4 fully saturated rings. The number of hydrogen-bond acceptors (Lipinski definition) is 5. The van der Waals surface area contributed by atoms with Crippen molar-refractivity contribution in [1.29, 1.82) is 0 Å². The van der Waals surface area contributed by atoms with Gasteiger partial charge >= 0.3 is 12.4 Å². The van der Waals surface area contributed by atoms with Gasteiger partial charge in [0.1, 0.15) is 0 Å². The first kappa shape index (κ1) is 31.7. The molecule has 2 aliphatic carbocycles. The maximum atomic E-state index is 12.8. The number of sulfone groups is 1. The van der Waals surface area contributed by atoms with Gasteiger partial charge in [-0.15, -0.1) is 11.8 Å². The minimum absolute atomic E-state index is 0.0701. The van der Waals surface area contributed by atoms with E-state index >= 15 is 0 Å². The van der Waals surface area contributed by atoms with Gasteiger partial charge < -0.3 is 9.47 Å². The van der Waals surface area contributed by atoms with Gasteiger partial charge in [0.2, 0.25) is 0 Å². The largest absolute Gasteiger partial charge is 0.416 e. The van der Waals surface area contributed by atoms with E-state index in [1.54, 1.807) is 17.8 Å². The third-order valence-corrected chi connectivity index (χ3v) is 11.7. The van der Waals surface area contributed by atoms with Crippen LogP contribution < -0.4 is 0 Å². The smallest absolute Gasteiger partial charge is 0.378 e. The predicted octanol–water partition coefficient (Wildman–Crippen LogP) is 8.19. The van der Waals surface area contributed by atoms with Crippen LogP contribution in [-0.4, -0.2) is 44.3 Å². The van der Waals surface area contributed by atoms with E-state index < -0.39 is 38.6 Å². The van der Waals surface area contributed by atoms with Crippen LogP contribution in [0.2, 0.25) is 0 Å². The van der Waals surface area contributed by atoms with Crippen LogP contribution >= 0.6 is 11.8 Å². The van der Waals surface area contributed by atoms with Crippen LogP contribution in [0, 0.1) is 11.8 Å².